The minimum Gasteiger partial charge on any atom is -0.481 e. The Morgan fingerprint density at radius 3 is 2.71 bits per heavy atom. The second-order valence-corrected chi connectivity index (χ2v) is 3.80. The average molecular weight is 236 g/mol. The third kappa shape index (κ3) is 4.14. The van der Waals surface area contributed by atoms with Gasteiger partial charge in [0.05, 0.1) is 6.42 Å². The van der Waals surface area contributed by atoms with Gasteiger partial charge in [0.15, 0.2) is 0 Å². The van der Waals surface area contributed by atoms with Crippen molar-refractivity contribution in [3.05, 3.63) is 29.8 Å². The van der Waals surface area contributed by atoms with E-state index in [-0.39, 0.29) is 18.4 Å². The summed E-state index contributed by atoms with van der Waals surface area (Å²) < 4.78 is 0. The van der Waals surface area contributed by atoms with Crippen molar-refractivity contribution < 1.29 is 14.7 Å². The van der Waals surface area contributed by atoms with Crippen LogP contribution in [0.1, 0.15) is 30.1 Å². The number of nitrogens with two attached hydrogens (primary N) is 1. The number of amides is 1. The largest absolute Gasteiger partial charge is 0.481 e. The monoisotopic (exact) mass is 236 g/mol. The summed E-state index contributed by atoms with van der Waals surface area (Å²) in [6.45, 7) is 1.83. The Morgan fingerprint density at radius 2 is 2.18 bits per heavy atom. The number of hydrogen-bond acceptors (Lipinski definition) is 3. The first-order valence-electron chi connectivity index (χ1n) is 5.41. The fourth-order valence-electron chi connectivity index (χ4n) is 1.46. The van der Waals surface area contributed by atoms with Crippen LogP contribution in [0.15, 0.2) is 24.3 Å². The van der Waals surface area contributed by atoms with Gasteiger partial charge in [-0.05, 0) is 24.6 Å². The number of anilines is 1. The highest BCUT2D eigenvalue weighted by Crippen LogP contribution is 2.07. The van der Waals surface area contributed by atoms with Gasteiger partial charge in [-0.3, -0.25) is 9.59 Å². The molecule has 0 saturated carbocycles. The molecule has 1 amide bonds. The predicted molar refractivity (Wildman–Crippen MR) is 64.7 cm³/mol. The summed E-state index contributed by atoms with van der Waals surface area (Å²) in [5.41, 5.74) is 6.51. The molecule has 0 fully saturated rings. The van der Waals surface area contributed by atoms with Crippen LogP contribution in [0, 0.1) is 0 Å². The van der Waals surface area contributed by atoms with Gasteiger partial charge in [-0.1, -0.05) is 13.0 Å². The zero-order valence-electron chi connectivity index (χ0n) is 9.64. The number of carboxylic acid groups (broad SMARTS) is 1. The van der Waals surface area contributed by atoms with Crippen molar-refractivity contribution in [1.29, 1.82) is 0 Å². The molecule has 0 aliphatic carbocycles. The highest BCUT2D eigenvalue weighted by Gasteiger charge is 2.15. The Morgan fingerprint density at radius 1 is 1.47 bits per heavy atom. The highest BCUT2D eigenvalue weighted by molar-refractivity contribution is 5.95. The zero-order valence-corrected chi connectivity index (χ0v) is 9.64. The van der Waals surface area contributed by atoms with E-state index >= 15 is 0 Å². The number of carbonyl (C=O) groups is 2. The molecule has 0 bridgehead atoms. The van der Waals surface area contributed by atoms with Gasteiger partial charge in [-0.2, -0.15) is 0 Å². The fourth-order valence-corrected chi connectivity index (χ4v) is 1.46. The van der Waals surface area contributed by atoms with Crippen molar-refractivity contribution in [2.75, 3.05) is 5.73 Å². The molecule has 0 aliphatic rings. The Bertz CT molecular complexity index is 418. The standard InChI is InChI=1S/C12H16N2O3/c1-2-10(7-11(15)16)14-12(17)8-4-3-5-9(13)6-8/h3-6,10H,2,7,13H2,1H3,(H,14,17)(H,15,16). The normalized spacial score (nSPS) is 11.8. The van der Waals surface area contributed by atoms with Crippen LogP contribution < -0.4 is 11.1 Å². The maximum absolute atomic E-state index is 11.8. The molecule has 17 heavy (non-hydrogen) atoms. The van der Waals surface area contributed by atoms with E-state index in [1.54, 1.807) is 24.3 Å². The Hall–Kier alpha value is -2.04. The van der Waals surface area contributed by atoms with Crippen molar-refractivity contribution >= 4 is 17.6 Å². The van der Waals surface area contributed by atoms with Crippen molar-refractivity contribution in [3.8, 4) is 0 Å². The molecule has 92 valence electrons. The van der Waals surface area contributed by atoms with Crippen LogP contribution >= 0.6 is 0 Å². The first-order chi connectivity index (χ1) is 8.02. The number of nitrogens with one attached hydrogen (secondary N) is 1. The van der Waals surface area contributed by atoms with E-state index < -0.39 is 5.97 Å². The molecule has 1 aromatic carbocycles. The van der Waals surface area contributed by atoms with Gasteiger partial charge in [0.1, 0.15) is 0 Å². The zero-order chi connectivity index (χ0) is 12.8. The molecule has 5 nitrogen and oxygen atoms in total. The van der Waals surface area contributed by atoms with Crippen molar-refractivity contribution in [3.63, 3.8) is 0 Å². The van der Waals surface area contributed by atoms with Gasteiger partial charge in [-0.15, -0.1) is 0 Å². The summed E-state index contributed by atoms with van der Waals surface area (Å²) in [4.78, 5) is 22.4. The number of rotatable bonds is 5. The summed E-state index contributed by atoms with van der Waals surface area (Å²) in [6.07, 6.45) is 0.491. The van der Waals surface area contributed by atoms with Crippen LogP contribution in [0.5, 0.6) is 0 Å². The van der Waals surface area contributed by atoms with Gasteiger partial charge < -0.3 is 16.2 Å². The summed E-state index contributed by atoms with van der Waals surface area (Å²) in [5, 5.41) is 11.3. The first-order valence-corrected chi connectivity index (χ1v) is 5.41. The van der Waals surface area contributed by atoms with Crippen molar-refractivity contribution in [1.82, 2.24) is 5.32 Å². The molecule has 0 heterocycles. The lowest BCUT2D eigenvalue weighted by Crippen LogP contribution is -2.36. The van der Waals surface area contributed by atoms with Gasteiger partial charge in [0, 0.05) is 17.3 Å². The number of nitrogen functional groups attached to an aromatic ring is 1. The maximum atomic E-state index is 11.8. The molecule has 0 saturated heterocycles. The average Bonchev–Trinajstić information content (AvgIpc) is 2.27. The number of aliphatic carboxylic acids is 1. The molecular weight excluding hydrogens is 220 g/mol. The number of carbonyl (C=O) groups excluding carboxylic acids is 1. The molecule has 1 aromatic rings. The second-order valence-electron chi connectivity index (χ2n) is 3.80. The SMILES string of the molecule is CCC(CC(=O)O)NC(=O)c1cccc(N)c1. The minimum absolute atomic E-state index is 0.0788. The summed E-state index contributed by atoms with van der Waals surface area (Å²) in [6, 6.07) is 6.21. The number of hydrogen-bond donors (Lipinski definition) is 3. The van der Waals surface area contributed by atoms with Crippen LogP contribution in [0.25, 0.3) is 0 Å². The summed E-state index contributed by atoms with van der Waals surface area (Å²) in [5.74, 6) is -1.23. The van der Waals surface area contributed by atoms with E-state index in [1.807, 2.05) is 6.92 Å². The lowest BCUT2D eigenvalue weighted by molar-refractivity contribution is -0.137. The molecule has 0 spiro atoms. The number of carboxylic acids is 1. The van der Waals surface area contributed by atoms with E-state index in [0.29, 0.717) is 17.7 Å². The molecule has 1 atom stereocenters. The molecule has 0 aromatic heterocycles. The third-order valence-corrected chi connectivity index (χ3v) is 2.40. The summed E-state index contributed by atoms with van der Waals surface area (Å²) in [7, 11) is 0. The molecule has 4 N–H and O–H groups in total. The van der Waals surface area contributed by atoms with Crippen molar-refractivity contribution in [2.45, 2.75) is 25.8 Å². The molecule has 0 aliphatic heterocycles. The van der Waals surface area contributed by atoms with Gasteiger partial charge in [-0.25, -0.2) is 0 Å². The van der Waals surface area contributed by atoms with E-state index in [2.05, 4.69) is 5.32 Å². The van der Waals surface area contributed by atoms with E-state index in [0.717, 1.165) is 0 Å². The predicted octanol–water partition coefficient (Wildman–Crippen LogP) is 1.25. The van der Waals surface area contributed by atoms with Crippen LogP contribution in [-0.4, -0.2) is 23.0 Å². The van der Waals surface area contributed by atoms with E-state index in [9.17, 15) is 9.59 Å². The van der Waals surface area contributed by atoms with Crippen LogP contribution in [-0.2, 0) is 4.79 Å². The first kappa shape index (κ1) is 13.0. The number of benzene rings is 1. The molecule has 5 heteroatoms. The quantitative estimate of drug-likeness (QED) is 0.671. The maximum Gasteiger partial charge on any atom is 0.305 e. The molecular formula is C12H16N2O3. The Balaban J connectivity index is 2.67. The second kappa shape index (κ2) is 5.89. The minimum atomic E-state index is -0.926. The third-order valence-electron chi connectivity index (χ3n) is 2.40. The van der Waals surface area contributed by atoms with Gasteiger partial charge in [0.2, 0.25) is 0 Å². The summed E-state index contributed by atoms with van der Waals surface area (Å²) >= 11 is 0. The molecule has 1 unspecified atom stereocenters. The van der Waals surface area contributed by atoms with Crippen LogP contribution in [0.2, 0.25) is 0 Å². The van der Waals surface area contributed by atoms with Crippen molar-refractivity contribution in [2.24, 2.45) is 0 Å². The molecule has 0 radical (unpaired) electrons. The van der Waals surface area contributed by atoms with E-state index in [4.69, 9.17) is 10.8 Å². The molecule has 1 rings (SSSR count). The lowest BCUT2D eigenvalue weighted by Gasteiger charge is -2.14. The lowest BCUT2D eigenvalue weighted by atomic mass is 10.1. The van der Waals surface area contributed by atoms with Gasteiger partial charge >= 0.3 is 5.97 Å². The Kier molecular flexibility index (Phi) is 4.51. The van der Waals surface area contributed by atoms with Crippen LogP contribution in [0.4, 0.5) is 5.69 Å². The van der Waals surface area contributed by atoms with E-state index in [1.165, 1.54) is 0 Å². The van der Waals surface area contributed by atoms with Crippen LogP contribution in [0.3, 0.4) is 0 Å². The highest BCUT2D eigenvalue weighted by atomic mass is 16.4. The smallest absolute Gasteiger partial charge is 0.305 e. The topological polar surface area (TPSA) is 92.4 Å². The fraction of sp³-hybridized carbons (Fsp3) is 0.333. The Labute approximate surface area is 99.6 Å². The van der Waals surface area contributed by atoms with Gasteiger partial charge in [0.25, 0.3) is 5.91 Å².